The number of ether oxygens (including phenoxy) is 1. The molecule has 1 amide bonds. The van der Waals surface area contributed by atoms with E-state index in [9.17, 15) is 4.79 Å². The van der Waals surface area contributed by atoms with E-state index in [-0.39, 0.29) is 11.9 Å². The molecule has 0 bridgehead atoms. The van der Waals surface area contributed by atoms with Crippen LogP contribution in [-0.4, -0.2) is 53.6 Å². The quantitative estimate of drug-likeness (QED) is 0.732. The number of nitrogens with one attached hydrogen (secondary N) is 2. The number of nitrogens with zero attached hydrogens (tertiary/aromatic N) is 2. The van der Waals surface area contributed by atoms with Crippen molar-refractivity contribution >= 4 is 5.91 Å². The topological polar surface area (TPSA) is 70.2 Å². The molecule has 1 aliphatic carbocycles. The van der Waals surface area contributed by atoms with Gasteiger partial charge in [-0.15, -0.1) is 0 Å². The summed E-state index contributed by atoms with van der Waals surface area (Å²) in [6, 6.07) is 6.55. The predicted molar refractivity (Wildman–Crippen MR) is 111 cm³/mol. The number of hydrogen-bond acceptors (Lipinski definition) is 4. The number of hydrogen-bond donors (Lipinski definition) is 2. The smallest absolute Gasteiger partial charge is 0.287 e. The van der Waals surface area contributed by atoms with E-state index in [0.717, 1.165) is 38.1 Å². The summed E-state index contributed by atoms with van der Waals surface area (Å²) in [5, 5.41) is 3.12. The molecule has 0 spiro atoms. The molecule has 2 N–H and O–H groups in total. The van der Waals surface area contributed by atoms with Crippen molar-refractivity contribution in [2.24, 2.45) is 5.92 Å². The van der Waals surface area contributed by atoms with E-state index in [4.69, 9.17) is 4.74 Å². The van der Waals surface area contributed by atoms with Crippen LogP contribution in [0.1, 0.15) is 47.4 Å². The fourth-order valence-corrected chi connectivity index (χ4v) is 3.94. The van der Waals surface area contributed by atoms with Crippen molar-refractivity contribution in [1.29, 1.82) is 0 Å². The number of benzene rings is 1. The molecule has 2 aromatic rings. The first kappa shape index (κ1) is 20.4. The maximum absolute atomic E-state index is 12.2. The standard InChI is InChI=1S/C22H32N4O2/c1-16-7-8-17(2)20(13-16)28-12-11-26(3)15-18-5-4-6-19(14-18)25-22(27)21-23-9-10-24-21/h7-10,13,18-19H,4-6,11-12,14-15H2,1-3H3,(H,23,24)(H,25,27)/t18-,19-/m1/s1. The summed E-state index contributed by atoms with van der Waals surface area (Å²) >= 11 is 0. The summed E-state index contributed by atoms with van der Waals surface area (Å²) in [5.41, 5.74) is 2.40. The minimum absolute atomic E-state index is 0.106. The lowest BCUT2D eigenvalue weighted by atomic mass is 9.85. The lowest BCUT2D eigenvalue weighted by molar-refractivity contribution is 0.0904. The molecule has 1 aliphatic rings. The number of carbonyl (C=O) groups is 1. The number of aryl methyl sites for hydroxylation is 2. The minimum atomic E-state index is -0.106. The van der Waals surface area contributed by atoms with Gasteiger partial charge >= 0.3 is 0 Å². The highest BCUT2D eigenvalue weighted by molar-refractivity contribution is 5.90. The van der Waals surface area contributed by atoms with Crippen LogP contribution in [0.15, 0.2) is 30.6 Å². The third-order valence-corrected chi connectivity index (χ3v) is 5.48. The van der Waals surface area contributed by atoms with Gasteiger partial charge in [-0.05, 0) is 63.3 Å². The van der Waals surface area contributed by atoms with Crippen LogP contribution >= 0.6 is 0 Å². The van der Waals surface area contributed by atoms with Gasteiger partial charge in [0, 0.05) is 31.5 Å². The number of likely N-dealkylation sites (N-methyl/N-ethyl adjacent to an activating group) is 1. The summed E-state index contributed by atoms with van der Waals surface area (Å²) < 4.78 is 5.98. The second-order valence-corrected chi connectivity index (χ2v) is 8.02. The van der Waals surface area contributed by atoms with Gasteiger partial charge in [-0.2, -0.15) is 0 Å². The van der Waals surface area contributed by atoms with Gasteiger partial charge < -0.3 is 19.9 Å². The Hall–Kier alpha value is -2.34. The average molecular weight is 385 g/mol. The van der Waals surface area contributed by atoms with E-state index in [1.807, 2.05) is 0 Å². The van der Waals surface area contributed by atoms with Crippen LogP contribution in [-0.2, 0) is 0 Å². The van der Waals surface area contributed by atoms with Crippen LogP contribution in [0.25, 0.3) is 0 Å². The lowest BCUT2D eigenvalue weighted by Gasteiger charge is -2.32. The third-order valence-electron chi connectivity index (χ3n) is 5.48. The number of H-pyrrole nitrogens is 1. The summed E-state index contributed by atoms with van der Waals surface area (Å²) in [6.45, 7) is 6.78. The minimum Gasteiger partial charge on any atom is -0.492 e. The van der Waals surface area contributed by atoms with Crippen LogP contribution in [0.5, 0.6) is 5.75 Å². The first-order chi connectivity index (χ1) is 13.5. The molecule has 0 unspecified atom stereocenters. The zero-order chi connectivity index (χ0) is 19.9. The molecule has 1 fully saturated rings. The van der Waals surface area contributed by atoms with Crippen molar-refractivity contribution < 1.29 is 9.53 Å². The Morgan fingerprint density at radius 3 is 3.00 bits per heavy atom. The molecule has 0 saturated heterocycles. The van der Waals surface area contributed by atoms with Crippen molar-refractivity contribution in [2.45, 2.75) is 45.6 Å². The molecule has 3 rings (SSSR count). The highest BCUT2D eigenvalue weighted by Gasteiger charge is 2.25. The fraction of sp³-hybridized carbons (Fsp3) is 0.545. The first-order valence-corrected chi connectivity index (χ1v) is 10.2. The second kappa shape index (κ2) is 9.73. The molecule has 0 radical (unpaired) electrons. The third kappa shape index (κ3) is 5.83. The van der Waals surface area contributed by atoms with Gasteiger partial charge in [-0.25, -0.2) is 4.98 Å². The summed E-state index contributed by atoms with van der Waals surface area (Å²) in [5.74, 6) is 1.86. The molecular formula is C22H32N4O2. The number of rotatable bonds is 8. The summed E-state index contributed by atoms with van der Waals surface area (Å²) in [7, 11) is 2.15. The SMILES string of the molecule is Cc1ccc(C)c(OCCN(C)C[C@@H]2CCC[C@@H](NC(=O)c3ncc[nH]3)C2)c1. The van der Waals surface area contributed by atoms with Crippen LogP contribution in [0.3, 0.4) is 0 Å². The Morgan fingerprint density at radius 1 is 1.36 bits per heavy atom. The first-order valence-electron chi connectivity index (χ1n) is 10.2. The van der Waals surface area contributed by atoms with Crippen molar-refractivity contribution in [3.05, 3.63) is 47.5 Å². The van der Waals surface area contributed by atoms with Crippen LogP contribution in [0.4, 0.5) is 0 Å². The highest BCUT2D eigenvalue weighted by atomic mass is 16.5. The van der Waals surface area contributed by atoms with E-state index in [2.05, 4.69) is 59.3 Å². The maximum atomic E-state index is 12.2. The summed E-state index contributed by atoms with van der Waals surface area (Å²) in [6.07, 6.45) is 7.72. The zero-order valence-electron chi connectivity index (χ0n) is 17.2. The van der Waals surface area contributed by atoms with Gasteiger partial charge in [-0.3, -0.25) is 4.79 Å². The number of imidazole rings is 1. The molecule has 6 heteroatoms. The van der Waals surface area contributed by atoms with Crippen LogP contribution in [0, 0.1) is 19.8 Å². The van der Waals surface area contributed by atoms with E-state index >= 15 is 0 Å². The van der Waals surface area contributed by atoms with Crippen molar-refractivity contribution in [3.8, 4) is 5.75 Å². The normalized spacial score (nSPS) is 19.6. The molecule has 1 saturated carbocycles. The largest absolute Gasteiger partial charge is 0.492 e. The van der Waals surface area contributed by atoms with Gasteiger partial charge in [0.15, 0.2) is 5.82 Å². The van der Waals surface area contributed by atoms with Crippen molar-refractivity contribution in [1.82, 2.24) is 20.2 Å². The molecule has 6 nitrogen and oxygen atoms in total. The highest BCUT2D eigenvalue weighted by Crippen LogP contribution is 2.25. The van der Waals surface area contributed by atoms with E-state index in [1.54, 1.807) is 12.4 Å². The second-order valence-electron chi connectivity index (χ2n) is 8.02. The Morgan fingerprint density at radius 2 is 2.21 bits per heavy atom. The monoisotopic (exact) mass is 384 g/mol. The maximum Gasteiger partial charge on any atom is 0.287 e. The Labute approximate surface area is 167 Å². The fourth-order valence-electron chi connectivity index (χ4n) is 3.94. The van der Waals surface area contributed by atoms with Crippen LogP contribution < -0.4 is 10.1 Å². The number of aromatic nitrogens is 2. The molecule has 152 valence electrons. The average Bonchev–Trinajstić information content (AvgIpc) is 3.20. The molecule has 2 atom stereocenters. The number of aromatic amines is 1. The number of carbonyl (C=O) groups excluding carboxylic acids is 1. The predicted octanol–water partition coefficient (Wildman–Crippen LogP) is 3.33. The Bertz CT molecular complexity index is 760. The molecule has 28 heavy (non-hydrogen) atoms. The molecular weight excluding hydrogens is 352 g/mol. The zero-order valence-corrected chi connectivity index (χ0v) is 17.2. The Kier molecular flexibility index (Phi) is 7.09. The molecule has 0 aliphatic heterocycles. The van der Waals surface area contributed by atoms with Gasteiger partial charge in [0.2, 0.25) is 0 Å². The van der Waals surface area contributed by atoms with Gasteiger partial charge in [-0.1, -0.05) is 18.6 Å². The molecule has 1 heterocycles. The Balaban J connectivity index is 1.40. The molecule has 1 aromatic heterocycles. The van der Waals surface area contributed by atoms with E-state index in [0.29, 0.717) is 18.3 Å². The van der Waals surface area contributed by atoms with Crippen molar-refractivity contribution in [2.75, 3.05) is 26.7 Å². The van der Waals surface area contributed by atoms with E-state index in [1.165, 1.54) is 17.5 Å². The van der Waals surface area contributed by atoms with Gasteiger partial charge in [0.05, 0.1) is 0 Å². The van der Waals surface area contributed by atoms with E-state index < -0.39 is 0 Å². The molecule has 1 aromatic carbocycles. The van der Waals surface area contributed by atoms with Gasteiger partial charge in [0.25, 0.3) is 5.91 Å². The number of amides is 1. The van der Waals surface area contributed by atoms with Crippen molar-refractivity contribution in [3.63, 3.8) is 0 Å². The van der Waals surface area contributed by atoms with Gasteiger partial charge in [0.1, 0.15) is 12.4 Å². The summed E-state index contributed by atoms with van der Waals surface area (Å²) in [4.78, 5) is 21.4. The van der Waals surface area contributed by atoms with Crippen LogP contribution in [0.2, 0.25) is 0 Å². The lowest BCUT2D eigenvalue weighted by Crippen LogP contribution is -2.41.